The molecule has 0 aliphatic carbocycles. The van der Waals surface area contributed by atoms with Gasteiger partial charge in [-0.25, -0.2) is 4.79 Å². The molecular weight excluding hydrogens is 418 g/mol. The lowest BCUT2D eigenvalue weighted by atomic mass is 10.1. The molecule has 0 saturated heterocycles. The van der Waals surface area contributed by atoms with Gasteiger partial charge in [0.25, 0.3) is 0 Å². The molecule has 0 aliphatic rings. The van der Waals surface area contributed by atoms with Gasteiger partial charge in [-0.3, -0.25) is 0 Å². The Hall–Kier alpha value is -4.06. The van der Waals surface area contributed by atoms with Crippen molar-refractivity contribution < 1.29 is 23.7 Å². The summed E-state index contributed by atoms with van der Waals surface area (Å²) in [4.78, 5) is 11.5. The van der Waals surface area contributed by atoms with E-state index in [1.54, 1.807) is 26.2 Å². The fraction of sp³-hybridized carbons (Fsp3) is 0.185. The van der Waals surface area contributed by atoms with E-state index in [0.717, 1.165) is 16.7 Å². The Labute approximate surface area is 193 Å². The van der Waals surface area contributed by atoms with Gasteiger partial charge in [-0.05, 0) is 48.4 Å². The van der Waals surface area contributed by atoms with Crippen molar-refractivity contribution in [3.8, 4) is 17.2 Å². The van der Waals surface area contributed by atoms with Crippen LogP contribution in [0.1, 0.15) is 23.6 Å². The molecule has 1 N–H and O–H groups in total. The van der Waals surface area contributed by atoms with Crippen LogP contribution >= 0.6 is 0 Å². The summed E-state index contributed by atoms with van der Waals surface area (Å²) in [5.41, 5.74) is 3.00. The van der Waals surface area contributed by atoms with Crippen molar-refractivity contribution in [3.63, 3.8) is 0 Å². The third-order valence-corrected chi connectivity index (χ3v) is 4.72. The van der Waals surface area contributed by atoms with E-state index in [-0.39, 0.29) is 6.61 Å². The van der Waals surface area contributed by atoms with Crippen molar-refractivity contribution >= 4 is 17.8 Å². The van der Waals surface area contributed by atoms with Gasteiger partial charge in [0, 0.05) is 17.7 Å². The lowest BCUT2D eigenvalue weighted by Crippen LogP contribution is -2.11. The molecule has 0 radical (unpaired) electrons. The molecule has 0 saturated carbocycles. The minimum Gasteiger partial charge on any atom is -0.496 e. The van der Waals surface area contributed by atoms with Crippen LogP contribution in [0.5, 0.6) is 17.2 Å². The predicted molar refractivity (Wildman–Crippen MR) is 128 cm³/mol. The van der Waals surface area contributed by atoms with Gasteiger partial charge in [0.1, 0.15) is 30.5 Å². The summed E-state index contributed by atoms with van der Waals surface area (Å²) in [6.07, 6.45) is 3.02. The largest absolute Gasteiger partial charge is 0.496 e. The zero-order valence-corrected chi connectivity index (χ0v) is 18.7. The first-order valence-electron chi connectivity index (χ1n) is 10.6. The van der Waals surface area contributed by atoms with Crippen LogP contribution in [0.3, 0.4) is 0 Å². The number of methoxy groups -OCH3 is 1. The maximum atomic E-state index is 11.5. The number of ether oxygens (including phenoxy) is 4. The summed E-state index contributed by atoms with van der Waals surface area (Å²) in [6.45, 7) is 2.67. The van der Waals surface area contributed by atoms with E-state index in [1.165, 1.54) is 6.08 Å². The average Bonchev–Trinajstić information content (AvgIpc) is 2.86. The smallest absolute Gasteiger partial charge is 0.330 e. The number of hydrogen-bond donors (Lipinski definition) is 1. The van der Waals surface area contributed by atoms with E-state index in [2.05, 4.69) is 0 Å². The van der Waals surface area contributed by atoms with Crippen molar-refractivity contribution in [3.05, 3.63) is 95.6 Å². The highest BCUT2D eigenvalue weighted by Crippen LogP contribution is 2.26. The molecule has 6 heteroatoms. The van der Waals surface area contributed by atoms with Crippen LogP contribution in [-0.4, -0.2) is 32.0 Å². The molecule has 3 aromatic carbocycles. The molecular formula is C27H27NO5. The summed E-state index contributed by atoms with van der Waals surface area (Å²) in [5.74, 6) is 1.54. The highest BCUT2D eigenvalue weighted by molar-refractivity contribution is 5.99. The summed E-state index contributed by atoms with van der Waals surface area (Å²) in [6, 6.07) is 22.5. The molecule has 0 atom stereocenters. The first kappa shape index (κ1) is 23.6. The molecule has 0 aromatic heterocycles. The second-order valence-corrected chi connectivity index (χ2v) is 7.06. The van der Waals surface area contributed by atoms with Gasteiger partial charge in [-0.1, -0.05) is 42.5 Å². The van der Waals surface area contributed by atoms with Crippen molar-refractivity contribution in [1.82, 2.24) is 0 Å². The van der Waals surface area contributed by atoms with Gasteiger partial charge in [-0.2, -0.15) is 0 Å². The lowest BCUT2D eigenvalue weighted by Gasteiger charge is -2.11. The normalized spacial score (nSPS) is 10.6. The number of benzene rings is 3. The second-order valence-electron chi connectivity index (χ2n) is 7.06. The second kappa shape index (κ2) is 12.1. The first-order valence-corrected chi connectivity index (χ1v) is 10.6. The summed E-state index contributed by atoms with van der Waals surface area (Å²) in [5, 5.41) is 8.11. The molecule has 0 bridgehead atoms. The molecule has 0 heterocycles. The monoisotopic (exact) mass is 445 g/mol. The van der Waals surface area contributed by atoms with E-state index in [1.807, 2.05) is 66.7 Å². The van der Waals surface area contributed by atoms with Crippen LogP contribution in [0.4, 0.5) is 0 Å². The molecule has 6 nitrogen and oxygen atoms in total. The summed E-state index contributed by atoms with van der Waals surface area (Å²) in [7, 11) is 1.57. The van der Waals surface area contributed by atoms with Gasteiger partial charge in [0.15, 0.2) is 0 Å². The van der Waals surface area contributed by atoms with Crippen LogP contribution in [0.2, 0.25) is 0 Å². The van der Waals surface area contributed by atoms with Gasteiger partial charge in [0.2, 0.25) is 0 Å². The van der Waals surface area contributed by atoms with Crippen LogP contribution in [0, 0.1) is 5.41 Å². The zero-order valence-electron chi connectivity index (χ0n) is 18.7. The van der Waals surface area contributed by atoms with E-state index in [0.29, 0.717) is 36.2 Å². The number of rotatable bonds is 11. The van der Waals surface area contributed by atoms with Crippen molar-refractivity contribution in [2.45, 2.75) is 13.5 Å². The molecule has 0 fully saturated rings. The Morgan fingerprint density at radius 1 is 0.939 bits per heavy atom. The van der Waals surface area contributed by atoms with Crippen molar-refractivity contribution in [1.29, 1.82) is 5.41 Å². The Morgan fingerprint density at radius 2 is 1.67 bits per heavy atom. The molecule has 33 heavy (non-hydrogen) atoms. The standard InChI is InChI=1S/C27H27NO5/c1-3-31-27(29)16-12-22-11-15-24(17-26(22)30-2)32-18-20-9-13-23(14-10-20)33-19-25(28)21-7-5-4-6-8-21/h4-17,28H,3,18-19H2,1-2H3/b16-12+,28-25?. The molecule has 0 unspecified atom stereocenters. The molecule has 170 valence electrons. The van der Waals surface area contributed by atoms with Crippen LogP contribution in [-0.2, 0) is 16.1 Å². The number of esters is 1. The number of nitrogens with one attached hydrogen (secondary N) is 1. The predicted octanol–water partition coefficient (Wildman–Crippen LogP) is 5.30. The van der Waals surface area contributed by atoms with E-state index in [4.69, 9.17) is 24.4 Å². The van der Waals surface area contributed by atoms with Crippen LogP contribution in [0.15, 0.2) is 78.9 Å². The summed E-state index contributed by atoms with van der Waals surface area (Å²) < 4.78 is 21.9. The Bertz CT molecular complexity index is 1090. The highest BCUT2D eigenvalue weighted by atomic mass is 16.5. The molecule has 0 amide bonds. The minimum absolute atomic E-state index is 0.205. The molecule has 0 spiro atoms. The van der Waals surface area contributed by atoms with Crippen LogP contribution in [0.25, 0.3) is 6.08 Å². The molecule has 3 aromatic rings. The van der Waals surface area contributed by atoms with E-state index < -0.39 is 5.97 Å². The van der Waals surface area contributed by atoms with Crippen molar-refractivity contribution in [2.75, 3.05) is 20.3 Å². The van der Waals surface area contributed by atoms with Gasteiger partial charge < -0.3 is 24.4 Å². The molecule has 0 aliphatic heterocycles. The van der Waals surface area contributed by atoms with Gasteiger partial charge in [-0.15, -0.1) is 0 Å². The van der Waals surface area contributed by atoms with E-state index in [9.17, 15) is 4.79 Å². The quantitative estimate of drug-likeness (QED) is 0.246. The number of carbonyl (C=O) groups is 1. The first-order chi connectivity index (χ1) is 16.1. The van der Waals surface area contributed by atoms with Crippen LogP contribution < -0.4 is 14.2 Å². The van der Waals surface area contributed by atoms with Crippen molar-refractivity contribution in [2.24, 2.45) is 0 Å². The van der Waals surface area contributed by atoms with E-state index >= 15 is 0 Å². The fourth-order valence-corrected chi connectivity index (χ4v) is 2.99. The van der Waals surface area contributed by atoms with Gasteiger partial charge >= 0.3 is 5.97 Å². The SMILES string of the molecule is CCOC(=O)/C=C/c1ccc(OCc2ccc(OCC(=N)c3ccccc3)cc2)cc1OC. The average molecular weight is 446 g/mol. The Balaban J connectivity index is 1.53. The number of carbonyl (C=O) groups excluding carboxylic acids is 1. The maximum absolute atomic E-state index is 11.5. The summed E-state index contributed by atoms with van der Waals surface area (Å²) >= 11 is 0. The number of hydrogen-bond acceptors (Lipinski definition) is 6. The fourth-order valence-electron chi connectivity index (χ4n) is 2.99. The highest BCUT2D eigenvalue weighted by Gasteiger charge is 2.06. The lowest BCUT2D eigenvalue weighted by molar-refractivity contribution is -0.137. The third kappa shape index (κ3) is 7.25. The topological polar surface area (TPSA) is 77.8 Å². The minimum atomic E-state index is -0.399. The zero-order chi connectivity index (χ0) is 23.5. The Morgan fingerprint density at radius 3 is 2.36 bits per heavy atom. The molecule has 3 rings (SSSR count). The maximum Gasteiger partial charge on any atom is 0.330 e. The Kier molecular flexibility index (Phi) is 8.65. The third-order valence-electron chi connectivity index (χ3n) is 4.72. The van der Waals surface area contributed by atoms with Gasteiger partial charge in [0.05, 0.1) is 19.4 Å².